The molecule has 4 aromatic rings. The first-order valence-electron chi connectivity index (χ1n) is 13.3. The molecule has 218 valence electrons. The summed E-state index contributed by atoms with van der Waals surface area (Å²) in [5.41, 5.74) is 1.59. The first kappa shape index (κ1) is 30.2. The predicted octanol–water partition coefficient (Wildman–Crippen LogP) is 5.48. The Hall–Kier alpha value is -4.76. The number of hydrogen-bond acceptors (Lipinski definition) is 9. The largest absolute Gasteiger partial charge is 0.496 e. The molecule has 42 heavy (non-hydrogen) atoms. The van der Waals surface area contributed by atoms with E-state index in [1.54, 1.807) is 63.6 Å². The van der Waals surface area contributed by atoms with Gasteiger partial charge in [-0.05, 0) is 29.8 Å². The number of methoxy groups -OCH3 is 3. The number of carbonyl (C=O) groups excluding carboxylic acids is 2. The number of hydrogen-bond donors (Lipinski definition) is 0. The molecule has 0 aliphatic rings. The van der Waals surface area contributed by atoms with Crippen molar-refractivity contribution in [2.24, 2.45) is 0 Å². The lowest BCUT2D eigenvalue weighted by Crippen LogP contribution is -2.45. The fourth-order valence-electron chi connectivity index (χ4n) is 4.62. The van der Waals surface area contributed by atoms with Gasteiger partial charge in [-0.2, -0.15) is 0 Å². The summed E-state index contributed by atoms with van der Waals surface area (Å²) in [7, 11) is 4.26. The van der Waals surface area contributed by atoms with Crippen LogP contribution in [-0.4, -0.2) is 49.3 Å². The fraction of sp³-hybridized carbons (Fsp3) is 0.273. The second-order valence-corrected chi connectivity index (χ2v) is 9.94. The Labute approximate surface area is 245 Å². The van der Waals surface area contributed by atoms with Crippen molar-refractivity contribution < 1.29 is 33.3 Å². The summed E-state index contributed by atoms with van der Waals surface area (Å²) in [6.45, 7) is 3.71. The maximum Gasteiger partial charge on any atom is 0.348 e. The van der Waals surface area contributed by atoms with Gasteiger partial charge in [0.15, 0.2) is 11.9 Å². The number of benzene rings is 3. The Morgan fingerprint density at radius 2 is 1.48 bits per heavy atom. The van der Waals surface area contributed by atoms with E-state index in [1.165, 1.54) is 14.2 Å². The van der Waals surface area contributed by atoms with Gasteiger partial charge in [0.25, 0.3) is 0 Å². The fourth-order valence-corrected chi connectivity index (χ4v) is 4.62. The van der Waals surface area contributed by atoms with E-state index in [1.807, 2.05) is 48.5 Å². The highest BCUT2D eigenvalue weighted by Crippen LogP contribution is 2.37. The molecule has 0 unspecified atom stereocenters. The van der Waals surface area contributed by atoms with Crippen LogP contribution >= 0.6 is 0 Å². The standard InChI is InChI=1S/C33H34N2O7/c1-33(2,29(32(37)40-5)42-31(36)28(39-4)22-13-7-6-8-14-22)25-16-10-12-18-27(25)41-21-23-19-20-34-30(35-23)24-15-9-11-17-26(24)38-3/h6-20,28-29H,21H2,1-5H3/t28-,29+/m1/s1. The number of rotatable bonds is 12. The highest BCUT2D eigenvalue weighted by Gasteiger charge is 2.43. The molecule has 0 radical (unpaired) electrons. The van der Waals surface area contributed by atoms with Gasteiger partial charge in [-0.1, -0.05) is 74.5 Å². The second kappa shape index (κ2) is 13.7. The van der Waals surface area contributed by atoms with Crippen LogP contribution in [0.4, 0.5) is 0 Å². The summed E-state index contributed by atoms with van der Waals surface area (Å²) in [6.07, 6.45) is -0.650. The van der Waals surface area contributed by atoms with Gasteiger partial charge in [0, 0.05) is 24.3 Å². The third kappa shape index (κ3) is 6.75. The highest BCUT2D eigenvalue weighted by molar-refractivity contribution is 5.83. The van der Waals surface area contributed by atoms with E-state index in [0.29, 0.717) is 34.1 Å². The van der Waals surface area contributed by atoms with Crippen molar-refractivity contribution >= 4 is 11.9 Å². The Morgan fingerprint density at radius 1 is 0.810 bits per heavy atom. The highest BCUT2D eigenvalue weighted by atomic mass is 16.6. The Bertz CT molecular complexity index is 1510. The molecule has 9 nitrogen and oxygen atoms in total. The maximum absolute atomic E-state index is 13.3. The monoisotopic (exact) mass is 570 g/mol. The van der Waals surface area contributed by atoms with Crippen molar-refractivity contribution in [1.82, 2.24) is 9.97 Å². The van der Waals surface area contributed by atoms with Crippen LogP contribution in [0.2, 0.25) is 0 Å². The lowest BCUT2D eigenvalue weighted by molar-refractivity contribution is -0.177. The zero-order chi connectivity index (χ0) is 30.1. The van der Waals surface area contributed by atoms with Crippen molar-refractivity contribution in [3.05, 3.63) is 108 Å². The van der Waals surface area contributed by atoms with Crippen LogP contribution in [0, 0.1) is 0 Å². The van der Waals surface area contributed by atoms with E-state index in [0.717, 1.165) is 5.56 Å². The molecule has 0 amide bonds. The van der Waals surface area contributed by atoms with E-state index in [2.05, 4.69) is 9.97 Å². The number of ether oxygens (including phenoxy) is 5. The van der Waals surface area contributed by atoms with Crippen molar-refractivity contribution in [1.29, 1.82) is 0 Å². The minimum absolute atomic E-state index is 0.125. The van der Waals surface area contributed by atoms with E-state index in [9.17, 15) is 9.59 Å². The van der Waals surface area contributed by atoms with Crippen LogP contribution in [0.1, 0.15) is 36.8 Å². The summed E-state index contributed by atoms with van der Waals surface area (Å²) in [5.74, 6) is 0.245. The summed E-state index contributed by atoms with van der Waals surface area (Å²) in [4.78, 5) is 35.3. The summed E-state index contributed by atoms with van der Waals surface area (Å²) in [6, 6.07) is 25.5. The average molecular weight is 571 g/mol. The van der Waals surface area contributed by atoms with Gasteiger partial charge in [0.05, 0.1) is 25.5 Å². The van der Waals surface area contributed by atoms with Crippen LogP contribution in [0.3, 0.4) is 0 Å². The molecule has 3 aromatic carbocycles. The lowest BCUT2D eigenvalue weighted by Gasteiger charge is -2.34. The quantitative estimate of drug-likeness (QED) is 0.205. The summed E-state index contributed by atoms with van der Waals surface area (Å²) < 4.78 is 28.0. The smallest absolute Gasteiger partial charge is 0.348 e. The van der Waals surface area contributed by atoms with Gasteiger partial charge in [0.1, 0.15) is 18.1 Å². The molecular weight excluding hydrogens is 536 g/mol. The SMILES string of the molecule is COC(=O)[C@H](OC(=O)[C@H](OC)c1ccccc1)C(C)(C)c1ccccc1OCc1ccnc(-c2ccccc2OC)n1. The second-order valence-electron chi connectivity index (χ2n) is 9.94. The molecule has 2 atom stereocenters. The summed E-state index contributed by atoms with van der Waals surface area (Å²) >= 11 is 0. The first-order chi connectivity index (χ1) is 20.3. The molecule has 4 rings (SSSR count). The third-order valence-corrected chi connectivity index (χ3v) is 6.87. The molecular formula is C33H34N2O7. The molecule has 0 saturated carbocycles. The third-order valence-electron chi connectivity index (χ3n) is 6.87. The van der Waals surface area contributed by atoms with Crippen molar-refractivity contribution in [3.63, 3.8) is 0 Å². The maximum atomic E-state index is 13.3. The minimum Gasteiger partial charge on any atom is -0.496 e. The molecule has 1 heterocycles. The Balaban J connectivity index is 1.59. The van der Waals surface area contributed by atoms with Crippen LogP contribution in [-0.2, 0) is 35.8 Å². The van der Waals surface area contributed by atoms with Crippen LogP contribution in [0.15, 0.2) is 91.1 Å². The molecule has 0 spiro atoms. The molecule has 9 heteroatoms. The predicted molar refractivity (Wildman–Crippen MR) is 156 cm³/mol. The van der Waals surface area contributed by atoms with E-state index in [-0.39, 0.29) is 6.61 Å². The normalized spacial score (nSPS) is 12.6. The van der Waals surface area contributed by atoms with Gasteiger partial charge >= 0.3 is 11.9 Å². The molecule has 0 aliphatic carbocycles. The minimum atomic E-state index is -1.29. The van der Waals surface area contributed by atoms with Gasteiger partial charge in [-0.25, -0.2) is 19.6 Å². The zero-order valence-electron chi connectivity index (χ0n) is 24.3. The van der Waals surface area contributed by atoms with Gasteiger partial charge in [-0.3, -0.25) is 0 Å². The molecule has 0 N–H and O–H groups in total. The first-order valence-corrected chi connectivity index (χ1v) is 13.3. The topological polar surface area (TPSA) is 106 Å². The Kier molecular flexibility index (Phi) is 9.88. The van der Waals surface area contributed by atoms with Crippen molar-refractivity contribution in [3.8, 4) is 22.9 Å². The van der Waals surface area contributed by atoms with Crippen LogP contribution < -0.4 is 9.47 Å². The van der Waals surface area contributed by atoms with E-state index >= 15 is 0 Å². The van der Waals surface area contributed by atoms with Crippen LogP contribution in [0.5, 0.6) is 11.5 Å². The van der Waals surface area contributed by atoms with Gasteiger partial charge in [-0.15, -0.1) is 0 Å². The molecule has 0 fully saturated rings. The lowest BCUT2D eigenvalue weighted by atomic mass is 9.78. The summed E-state index contributed by atoms with van der Waals surface area (Å²) in [5, 5.41) is 0. The Morgan fingerprint density at radius 3 is 2.17 bits per heavy atom. The van der Waals surface area contributed by atoms with Crippen molar-refractivity contribution in [2.45, 2.75) is 38.1 Å². The van der Waals surface area contributed by atoms with E-state index < -0.39 is 29.6 Å². The molecule has 0 aliphatic heterocycles. The number of aromatic nitrogens is 2. The van der Waals surface area contributed by atoms with Gasteiger partial charge in [0.2, 0.25) is 6.10 Å². The number of nitrogens with zero attached hydrogens (tertiary/aromatic N) is 2. The van der Waals surface area contributed by atoms with Crippen LogP contribution in [0.25, 0.3) is 11.4 Å². The average Bonchev–Trinajstić information content (AvgIpc) is 3.03. The number of carbonyl (C=O) groups is 2. The van der Waals surface area contributed by atoms with E-state index in [4.69, 9.17) is 23.7 Å². The van der Waals surface area contributed by atoms with Crippen molar-refractivity contribution in [2.75, 3.05) is 21.3 Å². The molecule has 0 bridgehead atoms. The zero-order valence-corrected chi connectivity index (χ0v) is 24.3. The molecule has 1 aromatic heterocycles. The number of esters is 2. The van der Waals surface area contributed by atoms with Gasteiger partial charge < -0.3 is 23.7 Å². The number of para-hydroxylation sites is 2. The molecule has 0 saturated heterocycles.